The van der Waals surface area contributed by atoms with E-state index in [0.29, 0.717) is 11.6 Å². The summed E-state index contributed by atoms with van der Waals surface area (Å²) in [6, 6.07) is -1.80. The molecule has 1 aliphatic rings. The fourth-order valence-corrected chi connectivity index (χ4v) is 2.28. The van der Waals surface area contributed by atoms with Crippen LogP contribution in [0.1, 0.15) is 29.5 Å². The van der Waals surface area contributed by atoms with Crippen molar-refractivity contribution in [2.24, 2.45) is 5.73 Å². The molecule has 0 spiro atoms. The fourth-order valence-electron chi connectivity index (χ4n) is 1.28. The number of rotatable bonds is 3. The van der Waals surface area contributed by atoms with E-state index in [1.165, 1.54) is 11.3 Å². The number of halogens is 3. The van der Waals surface area contributed by atoms with Gasteiger partial charge in [-0.1, -0.05) is 0 Å². The van der Waals surface area contributed by atoms with Crippen molar-refractivity contribution in [1.29, 1.82) is 0 Å². The first-order chi connectivity index (χ1) is 6.97. The van der Waals surface area contributed by atoms with Crippen LogP contribution in [0.4, 0.5) is 13.2 Å². The third-order valence-corrected chi connectivity index (χ3v) is 3.40. The molecule has 1 unspecified atom stereocenters. The average molecular weight is 236 g/mol. The third kappa shape index (κ3) is 2.69. The van der Waals surface area contributed by atoms with Crippen molar-refractivity contribution in [3.05, 3.63) is 16.1 Å². The molecule has 0 saturated heterocycles. The van der Waals surface area contributed by atoms with E-state index >= 15 is 0 Å². The van der Waals surface area contributed by atoms with E-state index in [1.54, 1.807) is 5.38 Å². The van der Waals surface area contributed by atoms with Gasteiger partial charge in [-0.2, -0.15) is 13.2 Å². The molecule has 15 heavy (non-hydrogen) atoms. The second kappa shape index (κ2) is 3.75. The van der Waals surface area contributed by atoms with Crippen LogP contribution >= 0.6 is 11.3 Å². The highest BCUT2D eigenvalue weighted by Gasteiger charge is 2.37. The normalized spacial score (nSPS) is 19.2. The molecule has 1 fully saturated rings. The molecule has 6 heteroatoms. The Bertz CT molecular complexity index is 343. The molecule has 2 rings (SSSR count). The molecule has 2 nitrogen and oxygen atoms in total. The largest absolute Gasteiger partial charge is 0.404 e. The van der Waals surface area contributed by atoms with Gasteiger partial charge in [-0.05, 0) is 12.8 Å². The molecule has 1 heterocycles. The highest BCUT2D eigenvalue weighted by molar-refractivity contribution is 7.09. The molecule has 0 aromatic carbocycles. The van der Waals surface area contributed by atoms with Gasteiger partial charge in [0, 0.05) is 17.7 Å². The number of hydrogen-bond donors (Lipinski definition) is 1. The lowest BCUT2D eigenvalue weighted by molar-refractivity contribution is -0.147. The van der Waals surface area contributed by atoms with Crippen molar-refractivity contribution in [2.75, 3.05) is 0 Å². The maximum Gasteiger partial charge on any atom is 0.404 e. The van der Waals surface area contributed by atoms with E-state index in [1.807, 2.05) is 0 Å². The molecule has 1 atom stereocenters. The number of nitrogens with two attached hydrogens (primary N) is 1. The zero-order valence-electron chi connectivity index (χ0n) is 7.92. The summed E-state index contributed by atoms with van der Waals surface area (Å²) in [5.74, 6) is 0.492. The standard InChI is InChI=1S/C9H11F3N2S/c10-9(11,12)7(13)3-6-4-15-8(14-6)5-1-2-5/h4-5,7H,1-3,13H2. The maximum absolute atomic E-state index is 12.2. The summed E-state index contributed by atoms with van der Waals surface area (Å²) < 4.78 is 36.5. The van der Waals surface area contributed by atoms with Crippen molar-refractivity contribution in [1.82, 2.24) is 4.98 Å². The molecular weight excluding hydrogens is 225 g/mol. The summed E-state index contributed by atoms with van der Waals surface area (Å²) in [6.07, 6.45) is -2.33. The first-order valence-electron chi connectivity index (χ1n) is 4.73. The van der Waals surface area contributed by atoms with Crippen LogP contribution in [-0.2, 0) is 6.42 Å². The lowest BCUT2D eigenvalue weighted by Crippen LogP contribution is -2.39. The molecule has 1 aromatic rings. The fraction of sp³-hybridized carbons (Fsp3) is 0.667. The average Bonchev–Trinajstić information content (AvgIpc) is 2.87. The van der Waals surface area contributed by atoms with Crippen LogP contribution in [0.5, 0.6) is 0 Å². The van der Waals surface area contributed by atoms with Gasteiger partial charge in [-0.3, -0.25) is 0 Å². The summed E-state index contributed by atoms with van der Waals surface area (Å²) in [6.45, 7) is 0. The second-order valence-corrected chi connectivity index (χ2v) is 4.69. The number of aromatic nitrogens is 1. The van der Waals surface area contributed by atoms with Gasteiger partial charge < -0.3 is 5.73 Å². The number of thiazole rings is 1. The summed E-state index contributed by atoms with van der Waals surface area (Å²) in [5.41, 5.74) is 5.49. The molecule has 0 aliphatic heterocycles. The van der Waals surface area contributed by atoms with E-state index in [-0.39, 0.29) is 6.42 Å². The molecule has 84 valence electrons. The Balaban J connectivity index is 1.98. The number of nitrogens with zero attached hydrogens (tertiary/aromatic N) is 1. The third-order valence-electron chi connectivity index (χ3n) is 2.35. The van der Waals surface area contributed by atoms with Crippen molar-refractivity contribution in [2.45, 2.75) is 37.4 Å². The smallest absolute Gasteiger partial charge is 0.320 e. The topological polar surface area (TPSA) is 38.9 Å². The van der Waals surface area contributed by atoms with Gasteiger partial charge in [-0.15, -0.1) is 11.3 Å². The minimum atomic E-state index is -4.33. The van der Waals surface area contributed by atoms with Crippen molar-refractivity contribution < 1.29 is 13.2 Å². The molecule has 2 N–H and O–H groups in total. The predicted octanol–water partition coefficient (Wildman–Crippen LogP) is 2.45. The van der Waals surface area contributed by atoms with Crippen molar-refractivity contribution >= 4 is 11.3 Å². The van der Waals surface area contributed by atoms with Gasteiger partial charge in [-0.25, -0.2) is 4.98 Å². The van der Waals surface area contributed by atoms with Crippen LogP contribution in [0.2, 0.25) is 0 Å². The highest BCUT2D eigenvalue weighted by atomic mass is 32.1. The quantitative estimate of drug-likeness (QED) is 0.875. The van der Waals surface area contributed by atoms with Gasteiger partial charge >= 0.3 is 6.18 Å². The van der Waals surface area contributed by atoms with E-state index < -0.39 is 12.2 Å². The minimum absolute atomic E-state index is 0.216. The minimum Gasteiger partial charge on any atom is -0.320 e. The Morgan fingerprint density at radius 3 is 2.73 bits per heavy atom. The zero-order valence-corrected chi connectivity index (χ0v) is 8.74. The van der Waals surface area contributed by atoms with Crippen molar-refractivity contribution in [3.8, 4) is 0 Å². The number of alkyl halides is 3. The van der Waals surface area contributed by atoms with Gasteiger partial charge in [0.25, 0.3) is 0 Å². The molecule has 1 saturated carbocycles. The van der Waals surface area contributed by atoms with E-state index in [2.05, 4.69) is 4.98 Å². The van der Waals surface area contributed by atoms with Gasteiger partial charge in [0.1, 0.15) is 6.04 Å². The Hall–Kier alpha value is -0.620. The Kier molecular flexibility index (Phi) is 2.72. The van der Waals surface area contributed by atoms with Gasteiger partial charge in [0.05, 0.1) is 10.7 Å². The van der Waals surface area contributed by atoms with Crippen LogP contribution in [-0.4, -0.2) is 17.2 Å². The van der Waals surface area contributed by atoms with Crippen LogP contribution in [0, 0.1) is 0 Å². The number of hydrogen-bond acceptors (Lipinski definition) is 3. The van der Waals surface area contributed by atoms with Gasteiger partial charge in [0.15, 0.2) is 0 Å². The molecule has 1 aliphatic carbocycles. The van der Waals surface area contributed by atoms with Crippen LogP contribution in [0.3, 0.4) is 0 Å². The molecular formula is C9H11F3N2S. The summed E-state index contributed by atoms with van der Waals surface area (Å²) in [7, 11) is 0. The molecule has 0 radical (unpaired) electrons. The molecule has 0 bridgehead atoms. The van der Waals surface area contributed by atoms with E-state index in [9.17, 15) is 13.2 Å². The summed E-state index contributed by atoms with van der Waals surface area (Å²) in [5, 5.41) is 2.64. The zero-order chi connectivity index (χ0) is 11.1. The monoisotopic (exact) mass is 236 g/mol. The summed E-state index contributed by atoms with van der Waals surface area (Å²) >= 11 is 1.44. The maximum atomic E-state index is 12.2. The Morgan fingerprint density at radius 1 is 1.53 bits per heavy atom. The lowest BCUT2D eigenvalue weighted by atomic mass is 10.2. The molecule has 1 aromatic heterocycles. The molecule has 0 amide bonds. The first-order valence-corrected chi connectivity index (χ1v) is 5.61. The van der Waals surface area contributed by atoms with Crippen molar-refractivity contribution in [3.63, 3.8) is 0 Å². The first kappa shape index (κ1) is 10.9. The lowest BCUT2D eigenvalue weighted by Gasteiger charge is -2.13. The van der Waals surface area contributed by atoms with Crippen LogP contribution in [0.25, 0.3) is 0 Å². The summed E-state index contributed by atoms with van der Waals surface area (Å²) in [4.78, 5) is 4.16. The highest BCUT2D eigenvalue weighted by Crippen LogP contribution is 2.41. The van der Waals surface area contributed by atoms with Crippen LogP contribution in [0.15, 0.2) is 5.38 Å². The van der Waals surface area contributed by atoms with E-state index in [4.69, 9.17) is 5.73 Å². The van der Waals surface area contributed by atoms with Crippen LogP contribution < -0.4 is 5.73 Å². The second-order valence-electron chi connectivity index (χ2n) is 3.80. The van der Waals surface area contributed by atoms with Gasteiger partial charge in [0.2, 0.25) is 0 Å². The predicted molar refractivity (Wildman–Crippen MR) is 51.8 cm³/mol. The Morgan fingerprint density at radius 2 is 2.20 bits per heavy atom. The Labute approximate surface area is 89.3 Å². The van der Waals surface area contributed by atoms with E-state index in [0.717, 1.165) is 17.8 Å². The SMILES string of the molecule is NC(Cc1csc(C2CC2)n1)C(F)(F)F.